The number of rotatable bonds is 5. The number of hydrogen-bond donors (Lipinski definition) is 1. The number of hydrogen-bond acceptors (Lipinski definition) is 4. The van der Waals surface area contributed by atoms with Crippen molar-refractivity contribution in [3.63, 3.8) is 0 Å². The molecule has 0 spiro atoms. The van der Waals surface area contributed by atoms with Gasteiger partial charge in [0.05, 0.1) is 4.90 Å². The Morgan fingerprint density at radius 2 is 1.85 bits per heavy atom. The van der Waals surface area contributed by atoms with Crippen LogP contribution in [0.25, 0.3) is 0 Å². The van der Waals surface area contributed by atoms with Crippen LogP contribution in [-0.2, 0) is 13.8 Å². The molecule has 1 aromatic carbocycles. The van der Waals surface area contributed by atoms with Gasteiger partial charge in [0.15, 0.2) is 24.0 Å². The van der Waals surface area contributed by atoms with Crippen molar-refractivity contribution < 1.29 is 26.7 Å². The minimum absolute atomic E-state index is 0.149. The quantitative estimate of drug-likeness (QED) is 0.837. The summed E-state index contributed by atoms with van der Waals surface area (Å²) in [7, 11) is 0.719. The normalized spacial score (nSPS) is 11.5. The van der Waals surface area contributed by atoms with Crippen LogP contribution in [0, 0.1) is 11.6 Å². The lowest BCUT2D eigenvalue weighted by Crippen LogP contribution is -2.34. The highest BCUT2D eigenvalue weighted by atomic mass is 35.7. The summed E-state index contributed by atoms with van der Waals surface area (Å²) in [5, 5.41) is 2.46. The van der Waals surface area contributed by atoms with Gasteiger partial charge in [-0.25, -0.2) is 17.2 Å². The molecule has 0 aromatic heterocycles. The van der Waals surface area contributed by atoms with Crippen LogP contribution in [0.5, 0.6) is 5.75 Å². The zero-order valence-corrected chi connectivity index (χ0v) is 12.2. The van der Waals surface area contributed by atoms with Gasteiger partial charge >= 0.3 is 0 Å². The molecule has 0 unspecified atom stereocenters. The van der Waals surface area contributed by atoms with E-state index in [4.69, 9.17) is 15.4 Å². The maximum absolute atomic E-state index is 13.5. The average Bonchev–Trinajstić information content (AvgIpc) is 2.25. The number of carbonyl (C=O) groups is 1. The third-order valence-electron chi connectivity index (χ3n) is 2.05. The standard InChI is InChI=1S/C11H12ClF2NO4S/c1-6(2)15-10(16)5-19-11-8(13)3-7(4-9(11)14)20(12,17)18/h3-4,6H,5H2,1-2H3,(H,15,16). The summed E-state index contributed by atoms with van der Waals surface area (Å²) in [4.78, 5) is 10.5. The van der Waals surface area contributed by atoms with E-state index in [1.165, 1.54) is 0 Å². The molecule has 9 heteroatoms. The topological polar surface area (TPSA) is 72.5 Å². The molecule has 5 nitrogen and oxygen atoms in total. The van der Waals surface area contributed by atoms with Crippen LogP contribution in [0.15, 0.2) is 17.0 Å². The molecule has 1 amide bonds. The Hall–Kier alpha value is -1.41. The maximum Gasteiger partial charge on any atom is 0.261 e. The van der Waals surface area contributed by atoms with Crippen molar-refractivity contribution >= 4 is 25.6 Å². The molecule has 0 heterocycles. The summed E-state index contributed by atoms with van der Waals surface area (Å²) in [6, 6.07) is 0.881. The third-order valence-corrected chi connectivity index (χ3v) is 3.38. The first kappa shape index (κ1) is 16.6. The molecule has 0 fully saturated rings. The van der Waals surface area contributed by atoms with Crippen molar-refractivity contribution in [1.29, 1.82) is 0 Å². The molecule has 112 valence electrons. The molecular weight excluding hydrogens is 316 g/mol. The van der Waals surface area contributed by atoms with Crippen molar-refractivity contribution in [3.05, 3.63) is 23.8 Å². The highest BCUT2D eigenvalue weighted by Gasteiger charge is 2.19. The molecule has 0 bridgehead atoms. The Labute approximate surface area is 119 Å². The van der Waals surface area contributed by atoms with Crippen molar-refractivity contribution in [3.8, 4) is 5.75 Å². The summed E-state index contributed by atoms with van der Waals surface area (Å²) >= 11 is 0. The van der Waals surface area contributed by atoms with Crippen LogP contribution >= 0.6 is 10.7 Å². The van der Waals surface area contributed by atoms with Gasteiger partial charge < -0.3 is 10.1 Å². The van der Waals surface area contributed by atoms with E-state index in [9.17, 15) is 22.0 Å². The van der Waals surface area contributed by atoms with E-state index < -0.39 is 43.8 Å². The fraction of sp³-hybridized carbons (Fsp3) is 0.364. The van der Waals surface area contributed by atoms with E-state index in [2.05, 4.69) is 5.32 Å². The van der Waals surface area contributed by atoms with E-state index in [0.29, 0.717) is 12.1 Å². The Bertz CT molecular complexity index is 596. The van der Waals surface area contributed by atoms with Crippen LogP contribution in [0.1, 0.15) is 13.8 Å². The lowest BCUT2D eigenvalue weighted by atomic mass is 10.3. The third kappa shape index (κ3) is 4.61. The maximum atomic E-state index is 13.5. The highest BCUT2D eigenvalue weighted by Crippen LogP contribution is 2.27. The van der Waals surface area contributed by atoms with Crippen LogP contribution in [0.4, 0.5) is 8.78 Å². The second-order valence-corrected chi connectivity index (χ2v) is 6.73. The predicted octanol–water partition coefficient (Wildman–Crippen LogP) is 1.80. The molecule has 0 aliphatic heterocycles. The van der Waals surface area contributed by atoms with Crippen molar-refractivity contribution in [2.45, 2.75) is 24.8 Å². The average molecular weight is 328 g/mol. The lowest BCUT2D eigenvalue weighted by Gasteiger charge is -2.11. The van der Waals surface area contributed by atoms with E-state index in [1.54, 1.807) is 13.8 Å². The van der Waals surface area contributed by atoms with E-state index in [1.807, 2.05) is 0 Å². The number of carbonyl (C=O) groups excluding carboxylic acids is 1. The van der Waals surface area contributed by atoms with E-state index >= 15 is 0 Å². The van der Waals surface area contributed by atoms with Crippen molar-refractivity contribution in [1.82, 2.24) is 5.32 Å². The Morgan fingerprint density at radius 1 is 1.35 bits per heavy atom. The van der Waals surface area contributed by atoms with Crippen LogP contribution in [-0.4, -0.2) is 27.0 Å². The molecule has 0 aliphatic carbocycles. The smallest absolute Gasteiger partial charge is 0.261 e. The van der Waals surface area contributed by atoms with Gasteiger partial charge in [0.25, 0.3) is 15.0 Å². The number of nitrogens with one attached hydrogen (secondary N) is 1. The number of amides is 1. The minimum atomic E-state index is -4.25. The van der Waals surface area contributed by atoms with Gasteiger partial charge in [-0.15, -0.1) is 0 Å². The molecule has 1 aromatic rings. The summed E-state index contributed by atoms with van der Waals surface area (Å²) in [6.07, 6.45) is 0. The summed E-state index contributed by atoms with van der Waals surface area (Å²) in [5.74, 6) is -3.93. The van der Waals surface area contributed by atoms with Gasteiger partial charge in [0.1, 0.15) is 0 Å². The summed E-state index contributed by atoms with van der Waals surface area (Å²) in [6.45, 7) is 2.82. The van der Waals surface area contributed by atoms with Crippen LogP contribution in [0.2, 0.25) is 0 Å². The second-order valence-electron chi connectivity index (χ2n) is 4.16. The Morgan fingerprint density at radius 3 is 2.25 bits per heavy atom. The van der Waals surface area contributed by atoms with Gasteiger partial charge in [0, 0.05) is 16.7 Å². The molecule has 1 rings (SSSR count). The molecule has 0 saturated heterocycles. The number of halogens is 3. The Balaban J connectivity index is 2.90. The van der Waals surface area contributed by atoms with Gasteiger partial charge in [-0.05, 0) is 26.0 Å². The first-order chi connectivity index (χ1) is 9.11. The number of ether oxygens (including phenoxy) is 1. The van der Waals surface area contributed by atoms with Gasteiger partial charge in [-0.2, -0.15) is 0 Å². The zero-order chi connectivity index (χ0) is 15.5. The van der Waals surface area contributed by atoms with Gasteiger partial charge in [0.2, 0.25) is 0 Å². The molecular formula is C11H12ClF2NO4S. The van der Waals surface area contributed by atoms with Crippen molar-refractivity contribution in [2.24, 2.45) is 0 Å². The Kier molecular flexibility index (Phi) is 5.29. The predicted molar refractivity (Wildman–Crippen MR) is 68.2 cm³/mol. The first-order valence-corrected chi connectivity index (χ1v) is 7.78. The molecule has 0 aliphatic rings. The van der Waals surface area contributed by atoms with Gasteiger partial charge in [-0.1, -0.05) is 0 Å². The zero-order valence-electron chi connectivity index (χ0n) is 10.6. The fourth-order valence-electron chi connectivity index (χ4n) is 1.32. The molecule has 0 radical (unpaired) electrons. The molecule has 1 N–H and O–H groups in total. The number of benzene rings is 1. The molecule has 0 atom stereocenters. The van der Waals surface area contributed by atoms with E-state index in [0.717, 1.165) is 0 Å². The van der Waals surface area contributed by atoms with Crippen LogP contribution in [0.3, 0.4) is 0 Å². The molecule has 0 saturated carbocycles. The monoisotopic (exact) mass is 327 g/mol. The summed E-state index contributed by atoms with van der Waals surface area (Å²) < 4.78 is 53.7. The fourth-order valence-corrected chi connectivity index (χ4v) is 2.07. The SMILES string of the molecule is CC(C)NC(=O)COc1c(F)cc(S(=O)(=O)Cl)cc1F. The lowest BCUT2D eigenvalue weighted by molar-refractivity contribution is -0.123. The largest absolute Gasteiger partial charge is 0.478 e. The minimum Gasteiger partial charge on any atom is -0.478 e. The molecule has 20 heavy (non-hydrogen) atoms. The van der Waals surface area contributed by atoms with Crippen LogP contribution < -0.4 is 10.1 Å². The van der Waals surface area contributed by atoms with E-state index in [-0.39, 0.29) is 6.04 Å². The second kappa shape index (κ2) is 6.36. The highest BCUT2D eigenvalue weighted by molar-refractivity contribution is 8.13. The van der Waals surface area contributed by atoms with Gasteiger partial charge in [-0.3, -0.25) is 4.79 Å². The summed E-state index contributed by atoms with van der Waals surface area (Å²) in [5.41, 5.74) is 0. The first-order valence-electron chi connectivity index (χ1n) is 5.47. The van der Waals surface area contributed by atoms with Crippen molar-refractivity contribution in [2.75, 3.05) is 6.61 Å².